The highest BCUT2D eigenvalue weighted by atomic mass is 16.5. The number of ether oxygens (including phenoxy) is 1. The number of amides is 1. The number of hydrogen-bond acceptors (Lipinski definition) is 4. The number of carbonyl (C=O) groups excluding carboxylic acids is 2. The Morgan fingerprint density at radius 3 is 2.77 bits per heavy atom. The maximum atomic E-state index is 12.8. The zero-order chi connectivity index (χ0) is 17.9. The van der Waals surface area contributed by atoms with Gasteiger partial charge < -0.3 is 14.6 Å². The highest BCUT2D eigenvalue weighted by Crippen LogP contribution is 2.26. The molecule has 3 aromatic rings. The number of hydrogen-bond donors (Lipinski definition) is 2. The summed E-state index contributed by atoms with van der Waals surface area (Å²) in [6.07, 6.45) is 3.40. The van der Waals surface area contributed by atoms with Crippen molar-refractivity contribution in [3.63, 3.8) is 0 Å². The number of H-pyrrole nitrogens is 2. The first-order valence-corrected chi connectivity index (χ1v) is 8.46. The molecule has 3 heterocycles. The number of aromatic nitrogens is 3. The normalized spacial score (nSPS) is 13.3. The molecular formula is C19H18N4O3. The molecule has 2 N–H and O–H groups in total. The highest BCUT2D eigenvalue weighted by molar-refractivity contribution is 6.06. The molecule has 0 saturated carbocycles. The number of carbonyl (C=O) groups is 2. The second kappa shape index (κ2) is 6.87. The fraction of sp³-hybridized carbons (Fsp3) is 0.211. The first-order chi connectivity index (χ1) is 12.7. The quantitative estimate of drug-likeness (QED) is 0.708. The second-order valence-electron chi connectivity index (χ2n) is 6.14. The van der Waals surface area contributed by atoms with Gasteiger partial charge in [-0.1, -0.05) is 30.3 Å². The maximum absolute atomic E-state index is 12.8. The van der Waals surface area contributed by atoms with Gasteiger partial charge in [0.2, 0.25) is 0 Å². The van der Waals surface area contributed by atoms with Crippen LogP contribution in [-0.4, -0.2) is 33.6 Å². The van der Waals surface area contributed by atoms with E-state index in [1.807, 2.05) is 30.3 Å². The van der Waals surface area contributed by atoms with E-state index in [0.29, 0.717) is 12.2 Å². The molecule has 2 aromatic heterocycles. The van der Waals surface area contributed by atoms with Crippen LogP contribution >= 0.6 is 0 Å². The molecule has 1 amide bonds. The van der Waals surface area contributed by atoms with Gasteiger partial charge in [-0.15, -0.1) is 0 Å². The molecule has 4 rings (SSSR count). The summed E-state index contributed by atoms with van der Waals surface area (Å²) in [6, 6.07) is 12.6. The van der Waals surface area contributed by atoms with Crippen molar-refractivity contribution in [3.05, 3.63) is 71.3 Å². The van der Waals surface area contributed by atoms with Gasteiger partial charge >= 0.3 is 5.97 Å². The Labute approximate surface area is 150 Å². The summed E-state index contributed by atoms with van der Waals surface area (Å²) in [5.74, 6) is -0.676. The van der Waals surface area contributed by atoms with Crippen LogP contribution in [0.5, 0.6) is 0 Å². The average molecular weight is 350 g/mol. The Kier molecular flexibility index (Phi) is 4.27. The molecule has 0 atom stereocenters. The minimum absolute atomic E-state index is 0.186. The van der Waals surface area contributed by atoms with Crippen LogP contribution < -0.4 is 4.90 Å². The molecule has 0 spiro atoms. The minimum atomic E-state index is -0.490. The number of nitrogens with one attached hydrogen (secondary N) is 2. The number of benzene rings is 1. The molecule has 1 aliphatic heterocycles. The van der Waals surface area contributed by atoms with E-state index in [-0.39, 0.29) is 18.2 Å². The van der Waals surface area contributed by atoms with Crippen LogP contribution in [0, 0.1) is 0 Å². The number of anilines is 1. The molecule has 1 aliphatic rings. The Bertz CT molecular complexity index is 929. The van der Waals surface area contributed by atoms with E-state index in [4.69, 9.17) is 4.74 Å². The largest absolute Gasteiger partial charge is 0.456 e. The van der Waals surface area contributed by atoms with Crippen LogP contribution in [-0.2, 0) is 17.8 Å². The van der Waals surface area contributed by atoms with Gasteiger partial charge in [0, 0.05) is 6.54 Å². The summed E-state index contributed by atoms with van der Waals surface area (Å²) >= 11 is 0. The molecule has 7 heteroatoms. The van der Waals surface area contributed by atoms with E-state index in [1.54, 1.807) is 23.2 Å². The monoisotopic (exact) mass is 350 g/mol. The van der Waals surface area contributed by atoms with Crippen LogP contribution in [0.4, 0.5) is 5.69 Å². The number of esters is 1. The minimum Gasteiger partial charge on any atom is -0.456 e. The van der Waals surface area contributed by atoms with Crippen LogP contribution in [0.1, 0.15) is 38.7 Å². The Morgan fingerprint density at radius 1 is 1.12 bits per heavy atom. The molecule has 26 heavy (non-hydrogen) atoms. The predicted molar refractivity (Wildman–Crippen MR) is 94.9 cm³/mol. The zero-order valence-corrected chi connectivity index (χ0v) is 14.1. The van der Waals surface area contributed by atoms with Crippen molar-refractivity contribution in [2.75, 3.05) is 11.4 Å². The third-order valence-electron chi connectivity index (χ3n) is 4.39. The third kappa shape index (κ3) is 3.11. The lowest BCUT2D eigenvalue weighted by atomic mass is 10.1. The predicted octanol–water partition coefficient (Wildman–Crippen LogP) is 2.69. The zero-order valence-electron chi connectivity index (χ0n) is 14.1. The molecule has 132 valence electrons. The van der Waals surface area contributed by atoms with Gasteiger partial charge in [0.25, 0.3) is 5.91 Å². The van der Waals surface area contributed by atoms with Crippen molar-refractivity contribution in [3.8, 4) is 0 Å². The molecular weight excluding hydrogens is 332 g/mol. The van der Waals surface area contributed by atoms with Crippen molar-refractivity contribution < 1.29 is 14.3 Å². The molecule has 0 radical (unpaired) electrons. The van der Waals surface area contributed by atoms with Crippen molar-refractivity contribution in [2.45, 2.75) is 19.4 Å². The Hall–Kier alpha value is -3.35. The van der Waals surface area contributed by atoms with E-state index < -0.39 is 5.97 Å². The summed E-state index contributed by atoms with van der Waals surface area (Å²) in [5.41, 5.74) is 3.27. The van der Waals surface area contributed by atoms with Crippen LogP contribution in [0.15, 0.2) is 48.7 Å². The molecule has 0 unspecified atom stereocenters. The van der Waals surface area contributed by atoms with E-state index in [0.717, 1.165) is 29.8 Å². The van der Waals surface area contributed by atoms with Crippen LogP contribution in [0.3, 0.4) is 0 Å². The lowest BCUT2D eigenvalue weighted by molar-refractivity contribution is 0.0466. The first kappa shape index (κ1) is 16.1. The van der Waals surface area contributed by atoms with E-state index in [2.05, 4.69) is 15.2 Å². The van der Waals surface area contributed by atoms with Crippen LogP contribution in [0.2, 0.25) is 0 Å². The average Bonchev–Trinajstić information content (AvgIpc) is 3.35. The summed E-state index contributed by atoms with van der Waals surface area (Å²) in [5, 5.41) is 6.93. The van der Waals surface area contributed by atoms with Crippen molar-refractivity contribution in [1.29, 1.82) is 0 Å². The van der Waals surface area contributed by atoms with Crippen molar-refractivity contribution in [2.24, 2.45) is 0 Å². The van der Waals surface area contributed by atoms with Crippen molar-refractivity contribution >= 4 is 17.6 Å². The Morgan fingerprint density at radius 2 is 1.92 bits per heavy atom. The molecule has 0 saturated heterocycles. The summed E-state index contributed by atoms with van der Waals surface area (Å²) in [7, 11) is 0. The first-order valence-electron chi connectivity index (χ1n) is 8.46. The number of nitrogens with zero attached hydrogens (tertiary/aromatic N) is 2. The van der Waals surface area contributed by atoms with Gasteiger partial charge in [0.05, 0.1) is 17.6 Å². The van der Waals surface area contributed by atoms with E-state index >= 15 is 0 Å². The molecule has 0 fully saturated rings. The molecule has 0 aliphatic carbocycles. The fourth-order valence-electron chi connectivity index (χ4n) is 3.05. The third-order valence-corrected chi connectivity index (χ3v) is 4.39. The van der Waals surface area contributed by atoms with Crippen molar-refractivity contribution in [1.82, 2.24) is 15.2 Å². The number of aryl methyl sites for hydroxylation is 1. The topological polar surface area (TPSA) is 91.1 Å². The number of fused-ring (bicyclic) bond motifs is 1. The molecule has 7 nitrogen and oxygen atoms in total. The number of aromatic amines is 2. The molecule has 0 bridgehead atoms. The standard InChI is InChI=1S/C19H18N4O3/c24-18(23-10-4-7-14-17(23)11-20-22-14)15-8-9-16(21-15)19(25)26-12-13-5-2-1-3-6-13/h1-3,5-6,8-9,11,21H,4,7,10,12H2,(H,20,22). The SMILES string of the molecule is O=C(OCc1ccccc1)c1ccc(C(=O)N2CCCc3[nH]ncc32)[nH]1. The van der Waals surface area contributed by atoms with Crippen LogP contribution in [0.25, 0.3) is 0 Å². The lowest BCUT2D eigenvalue weighted by Gasteiger charge is -2.25. The van der Waals surface area contributed by atoms with Gasteiger partial charge in [0.15, 0.2) is 0 Å². The maximum Gasteiger partial charge on any atom is 0.355 e. The van der Waals surface area contributed by atoms with Gasteiger partial charge in [0.1, 0.15) is 18.0 Å². The number of rotatable bonds is 4. The van der Waals surface area contributed by atoms with Gasteiger partial charge in [-0.25, -0.2) is 4.79 Å². The summed E-state index contributed by atoms with van der Waals surface area (Å²) in [6.45, 7) is 0.810. The van der Waals surface area contributed by atoms with Gasteiger partial charge in [-0.2, -0.15) is 5.10 Å². The summed E-state index contributed by atoms with van der Waals surface area (Å²) < 4.78 is 5.29. The molecule has 1 aromatic carbocycles. The lowest BCUT2D eigenvalue weighted by Crippen LogP contribution is -2.35. The smallest absolute Gasteiger partial charge is 0.355 e. The Balaban J connectivity index is 1.45. The van der Waals surface area contributed by atoms with Gasteiger partial charge in [-0.05, 0) is 30.5 Å². The second-order valence-corrected chi connectivity index (χ2v) is 6.14. The van der Waals surface area contributed by atoms with E-state index in [9.17, 15) is 9.59 Å². The fourth-order valence-corrected chi connectivity index (χ4v) is 3.05. The van der Waals surface area contributed by atoms with Gasteiger partial charge in [-0.3, -0.25) is 9.89 Å². The highest BCUT2D eigenvalue weighted by Gasteiger charge is 2.26. The summed E-state index contributed by atoms with van der Waals surface area (Å²) in [4.78, 5) is 29.5. The van der Waals surface area contributed by atoms with E-state index in [1.165, 1.54) is 0 Å².